The third kappa shape index (κ3) is 3.47. The lowest BCUT2D eigenvalue weighted by molar-refractivity contribution is 0.412. The van der Waals surface area contributed by atoms with Gasteiger partial charge in [-0.25, -0.2) is 4.39 Å². The Morgan fingerprint density at radius 2 is 2.00 bits per heavy atom. The Labute approximate surface area is 120 Å². The number of nitrogens with one attached hydrogen (secondary N) is 1. The Morgan fingerprint density at radius 1 is 1.21 bits per heavy atom. The molecule has 4 heteroatoms. The van der Waals surface area contributed by atoms with Gasteiger partial charge < -0.3 is 10.1 Å². The van der Waals surface area contributed by atoms with Crippen LogP contribution in [-0.4, -0.2) is 7.11 Å². The van der Waals surface area contributed by atoms with E-state index in [1.807, 2.05) is 25.1 Å². The molecule has 0 bridgehead atoms. The van der Waals surface area contributed by atoms with E-state index in [0.717, 1.165) is 21.3 Å². The number of aryl methyl sites for hydroxylation is 1. The molecule has 0 aliphatic carbocycles. The lowest BCUT2D eigenvalue weighted by Crippen LogP contribution is -2.02. The minimum Gasteiger partial charge on any atom is -0.496 e. The summed E-state index contributed by atoms with van der Waals surface area (Å²) in [5, 5.41) is 3.10. The SMILES string of the molecule is COc1ccc(CNc2cc(C)ccc2F)cc1Br. The van der Waals surface area contributed by atoms with Crippen molar-refractivity contribution in [3.8, 4) is 5.75 Å². The number of hydrogen-bond acceptors (Lipinski definition) is 2. The number of rotatable bonds is 4. The average molecular weight is 324 g/mol. The van der Waals surface area contributed by atoms with Crippen LogP contribution in [0.15, 0.2) is 40.9 Å². The van der Waals surface area contributed by atoms with Crippen LogP contribution in [0.2, 0.25) is 0 Å². The Hall–Kier alpha value is -1.55. The molecule has 2 nitrogen and oxygen atoms in total. The van der Waals surface area contributed by atoms with Gasteiger partial charge in [0.1, 0.15) is 11.6 Å². The van der Waals surface area contributed by atoms with Crippen molar-refractivity contribution in [3.05, 3.63) is 57.8 Å². The second-order valence-electron chi connectivity index (χ2n) is 4.31. The summed E-state index contributed by atoms with van der Waals surface area (Å²) in [5.74, 6) is 0.545. The molecule has 0 aromatic heterocycles. The first-order valence-corrected chi connectivity index (χ1v) is 6.72. The van der Waals surface area contributed by atoms with E-state index in [1.54, 1.807) is 19.2 Å². The quantitative estimate of drug-likeness (QED) is 0.893. The Bertz CT molecular complexity index is 586. The molecule has 0 radical (unpaired) electrons. The third-order valence-corrected chi connectivity index (χ3v) is 3.44. The molecule has 19 heavy (non-hydrogen) atoms. The van der Waals surface area contributed by atoms with Crippen LogP contribution in [-0.2, 0) is 6.54 Å². The van der Waals surface area contributed by atoms with Crippen LogP contribution in [0.1, 0.15) is 11.1 Å². The van der Waals surface area contributed by atoms with Gasteiger partial charge in [-0.1, -0.05) is 12.1 Å². The summed E-state index contributed by atoms with van der Waals surface area (Å²) < 4.78 is 19.6. The van der Waals surface area contributed by atoms with Crippen molar-refractivity contribution in [3.63, 3.8) is 0 Å². The maximum atomic E-state index is 13.6. The molecule has 2 aromatic rings. The maximum Gasteiger partial charge on any atom is 0.146 e. The molecular formula is C15H15BrFNO. The zero-order valence-electron chi connectivity index (χ0n) is 10.8. The van der Waals surface area contributed by atoms with Gasteiger partial charge in [-0.2, -0.15) is 0 Å². The predicted octanol–water partition coefficient (Wildman–Crippen LogP) is 4.52. The monoisotopic (exact) mass is 323 g/mol. The van der Waals surface area contributed by atoms with Crippen LogP contribution in [0.4, 0.5) is 10.1 Å². The standard InChI is InChI=1S/C15H15BrFNO/c1-10-3-5-13(17)14(7-10)18-9-11-4-6-15(19-2)12(16)8-11/h3-8,18H,9H2,1-2H3. The molecule has 100 valence electrons. The van der Waals surface area contributed by atoms with Crippen LogP contribution in [0.25, 0.3) is 0 Å². The molecule has 0 saturated heterocycles. The fraction of sp³-hybridized carbons (Fsp3) is 0.200. The van der Waals surface area contributed by atoms with Crippen LogP contribution in [0.3, 0.4) is 0 Å². The molecule has 1 N–H and O–H groups in total. The molecule has 0 fully saturated rings. The van der Waals surface area contributed by atoms with Crippen molar-refractivity contribution < 1.29 is 9.13 Å². The molecule has 0 unspecified atom stereocenters. The topological polar surface area (TPSA) is 21.3 Å². The average Bonchev–Trinajstić information content (AvgIpc) is 2.40. The smallest absolute Gasteiger partial charge is 0.146 e. The second kappa shape index (κ2) is 6.06. The van der Waals surface area contributed by atoms with Crippen molar-refractivity contribution in [2.45, 2.75) is 13.5 Å². The van der Waals surface area contributed by atoms with E-state index in [4.69, 9.17) is 4.74 Å². The van der Waals surface area contributed by atoms with Gasteiger partial charge in [0.15, 0.2) is 0 Å². The van der Waals surface area contributed by atoms with Crippen LogP contribution in [0.5, 0.6) is 5.75 Å². The summed E-state index contributed by atoms with van der Waals surface area (Å²) in [7, 11) is 1.63. The van der Waals surface area contributed by atoms with Crippen LogP contribution in [0, 0.1) is 12.7 Å². The fourth-order valence-corrected chi connectivity index (χ4v) is 2.38. The molecule has 0 atom stereocenters. The first-order valence-electron chi connectivity index (χ1n) is 5.92. The first-order chi connectivity index (χ1) is 9.10. The van der Waals surface area contributed by atoms with Crippen molar-refractivity contribution >= 4 is 21.6 Å². The number of hydrogen-bond donors (Lipinski definition) is 1. The predicted molar refractivity (Wildman–Crippen MR) is 79.2 cm³/mol. The molecule has 0 aliphatic rings. The number of methoxy groups -OCH3 is 1. The van der Waals surface area contributed by atoms with E-state index in [1.165, 1.54) is 6.07 Å². The second-order valence-corrected chi connectivity index (χ2v) is 5.16. The zero-order chi connectivity index (χ0) is 13.8. The van der Waals surface area contributed by atoms with Gasteiger partial charge in [0.25, 0.3) is 0 Å². The minimum absolute atomic E-state index is 0.238. The molecule has 0 amide bonds. The zero-order valence-corrected chi connectivity index (χ0v) is 12.4. The molecule has 0 saturated carbocycles. The highest BCUT2D eigenvalue weighted by atomic mass is 79.9. The van der Waals surface area contributed by atoms with Gasteiger partial charge in [0.05, 0.1) is 17.3 Å². The number of anilines is 1. The molecule has 0 aliphatic heterocycles. The van der Waals surface area contributed by atoms with Gasteiger partial charge in [-0.05, 0) is 58.2 Å². The summed E-state index contributed by atoms with van der Waals surface area (Å²) in [5.41, 5.74) is 2.60. The Kier molecular flexibility index (Phi) is 4.43. The summed E-state index contributed by atoms with van der Waals surface area (Å²) in [6, 6.07) is 10.8. The molecule has 2 rings (SSSR count). The minimum atomic E-state index is -0.238. The van der Waals surface area contributed by atoms with Crippen molar-refractivity contribution in [1.29, 1.82) is 0 Å². The Balaban J connectivity index is 2.10. The molecule has 0 spiro atoms. The fourth-order valence-electron chi connectivity index (χ4n) is 1.79. The Morgan fingerprint density at radius 3 is 2.68 bits per heavy atom. The van der Waals surface area contributed by atoms with Crippen LogP contribution < -0.4 is 10.1 Å². The van der Waals surface area contributed by atoms with Gasteiger partial charge >= 0.3 is 0 Å². The number of ether oxygens (including phenoxy) is 1. The van der Waals surface area contributed by atoms with Gasteiger partial charge in [0.2, 0.25) is 0 Å². The summed E-state index contributed by atoms with van der Waals surface area (Å²) in [6.45, 7) is 2.50. The van der Waals surface area contributed by atoms with Gasteiger partial charge in [-0.15, -0.1) is 0 Å². The van der Waals surface area contributed by atoms with E-state index < -0.39 is 0 Å². The largest absolute Gasteiger partial charge is 0.496 e. The van der Waals surface area contributed by atoms with E-state index in [-0.39, 0.29) is 5.82 Å². The normalized spacial score (nSPS) is 10.3. The maximum absolute atomic E-state index is 13.6. The highest BCUT2D eigenvalue weighted by Crippen LogP contribution is 2.26. The van der Waals surface area contributed by atoms with Gasteiger partial charge in [-0.3, -0.25) is 0 Å². The molecule has 0 heterocycles. The lowest BCUT2D eigenvalue weighted by atomic mass is 10.2. The first kappa shape index (κ1) is 13.9. The molecular weight excluding hydrogens is 309 g/mol. The van der Waals surface area contributed by atoms with E-state index in [0.29, 0.717) is 12.2 Å². The number of benzene rings is 2. The number of halogens is 2. The summed E-state index contributed by atoms with van der Waals surface area (Å²) in [4.78, 5) is 0. The summed E-state index contributed by atoms with van der Waals surface area (Å²) >= 11 is 3.43. The third-order valence-electron chi connectivity index (χ3n) is 2.82. The highest BCUT2D eigenvalue weighted by Gasteiger charge is 2.04. The van der Waals surface area contributed by atoms with Crippen molar-refractivity contribution in [2.24, 2.45) is 0 Å². The molecule has 2 aromatic carbocycles. The van der Waals surface area contributed by atoms with E-state index in [2.05, 4.69) is 21.2 Å². The highest BCUT2D eigenvalue weighted by molar-refractivity contribution is 9.10. The van der Waals surface area contributed by atoms with Gasteiger partial charge in [0, 0.05) is 6.54 Å². The lowest BCUT2D eigenvalue weighted by Gasteiger charge is -2.10. The summed E-state index contributed by atoms with van der Waals surface area (Å²) in [6.07, 6.45) is 0. The van der Waals surface area contributed by atoms with E-state index in [9.17, 15) is 4.39 Å². The van der Waals surface area contributed by atoms with Crippen molar-refractivity contribution in [2.75, 3.05) is 12.4 Å². The van der Waals surface area contributed by atoms with Crippen molar-refractivity contribution in [1.82, 2.24) is 0 Å². The van der Waals surface area contributed by atoms with Crippen LogP contribution >= 0.6 is 15.9 Å². The van der Waals surface area contributed by atoms with E-state index >= 15 is 0 Å².